The van der Waals surface area contributed by atoms with Crippen LogP contribution in [0.2, 0.25) is 0 Å². The molecular formula is C21H24N2O. The molecule has 0 spiro atoms. The zero-order valence-electron chi connectivity index (χ0n) is 14.1. The highest BCUT2D eigenvalue weighted by Gasteiger charge is 1.97. The first-order chi connectivity index (χ1) is 11.8. The Morgan fingerprint density at radius 1 is 0.958 bits per heavy atom. The van der Waals surface area contributed by atoms with Crippen molar-refractivity contribution in [1.82, 2.24) is 0 Å². The van der Waals surface area contributed by atoms with Crippen LogP contribution in [0.25, 0.3) is 6.08 Å². The van der Waals surface area contributed by atoms with Gasteiger partial charge in [-0.3, -0.25) is 0 Å². The quantitative estimate of drug-likeness (QED) is 0.392. The normalized spacial score (nSPS) is 12.3. The first-order valence-corrected chi connectivity index (χ1v) is 8.39. The number of aromatic hydroxyl groups is 1. The number of allylic oxidation sites excluding steroid dienone is 1. The van der Waals surface area contributed by atoms with Crippen molar-refractivity contribution in [2.75, 3.05) is 0 Å². The second-order valence-electron chi connectivity index (χ2n) is 5.63. The fourth-order valence-electron chi connectivity index (χ4n) is 2.32. The molecule has 0 atom stereocenters. The molecule has 0 saturated carbocycles. The minimum absolute atomic E-state index is 0.208. The first kappa shape index (κ1) is 17.7. The predicted molar refractivity (Wildman–Crippen MR) is 103 cm³/mol. The van der Waals surface area contributed by atoms with Crippen LogP contribution in [0.1, 0.15) is 43.7 Å². The van der Waals surface area contributed by atoms with E-state index in [4.69, 9.17) is 0 Å². The number of hydrogen-bond acceptors (Lipinski definition) is 3. The Hall–Kier alpha value is -2.68. The molecule has 1 N–H and O–H groups in total. The molecule has 3 nitrogen and oxygen atoms in total. The van der Waals surface area contributed by atoms with Gasteiger partial charge in [0.15, 0.2) is 0 Å². The Balaban J connectivity index is 2.07. The van der Waals surface area contributed by atoms with E-state index >= 15 is 0 Å². The second kappa shape index (κ2) is 10.2. The van der Waals surface area contributed by atoms with Crippen LogP contribution >= 0.6 is 0 Å². The zero-order chi connectivity index (χ0) is 17.0. The van der Waals surface area contributed by atoms with Crippen molar-refractivity contribution in [3.8, 4) is 5.75 Å². The maximum atomic E-state index is 9.70. The standard InChI is InChI=1S/C21H24N2O/c1-2-3-5-12-19(15-18-10-6-4-7-11-18)16-22-23-17-20-13-8-9-14-21(20)24/h4,6-11,13-17,24H,2-3,5,12H2,1H3/b19-15?,22-16?,23-17+. The molecule has 24 heavy (non-hydrogen) atoms. The average Bonchev–Trinajstić information content (AvgIpc) is 2.61. The summed E-state index contributed by atoms with van der Waals surface area (Å²) in [6, 6.07) is 17.3. The Bertz CT molecular complexity index is 703. The van der Waals surface area contributed by atoms with Gasteiger partial charge in [-0.05, 0) is 36.1 Å². The van der Waals surface area contributed by atoms with Crippen molar-refractivity contribution in [2.24, 2.45) is 10.2 Å². The van der Waals surface area contributed by atoms with Gasteiger partial charge in [0.05, 0.1) is 12.4 Å². The van der Waals surface area contributed by atoms with Crippen LogP contribution in [0.15, 0.2) is 70.4 Å². The van der Waals surface area contributed by atoms with E-state index < -0.39 is 0 Å². The number of benzene rings is 2. The fourth-order valence-corrected chi connectivity index (χ4v) is 2.32. The summed E-state index contributed by atoms with van der Waals surface area (Å²) < 4.78 is 0. The van der Waals surface area contributed by atoms with Crippen LogP contribution in [0.3, 0.4) is 0 Å². The molecule has 2 rings (SSSR count). The van der Waals surface area contributed by atoms with Gasteiger partial charge in [-0.1, -0.05) is 68.3 Å². The van der Waals surface area contributed by atoms with Crippen LogP contribution in [-0.2, 0) is 0 Å². The molecule has 0 aliphatic heterocycles. The number of unbranched alkanes of at least 4 members (excludes halogenated alkanes) is 2. The highest BCUT2D eigenvalue weighted by atomic mass is 16.3. The second-order valence-corrected chi connectivity index (χ2v) is 5.63. The van der Waals surface area contributed by atoms with Crippen molar-refractivity contribution in [3.63, 3.8) is 0 Å². The van der Waals surface area contributed by atoms with E-state index in [1.165, 1.54) is 18.4 Å². The third-order valence-corrected chi connectivity index (χ3v) is 3.64. The SMILES string of the molecule is CCCCCC(C=N/N=C/c1ccccc1O)=Cc1ccccc1. The number of phenols is 1. The smallest absolute Gasteiger partial charge is 0.124 e. The number of hydrogen-bond donors (Lipinski definition) is 1. The van der Waals surface area contributed by atoms with Crippen molar-refractivity contribution in [1.29, 1.82) is 0 Å². The molecule has 124 valence electrons. The number of nitrogens with zero attached hydrogens (tertiary/aromatic N) is 2. The maximum absolute atomic E-state index is 9.70. The molecule has 0 bridgehead atoms. The zero-order valence-corrected chi connectivity index (χ0v) is 14.1. The topological polar surface area (TPSA) is 45.0 Å². The summed E-state index contributed by atoms with van der Waals surface area (Å²) >= 11 is 0. The third-order valence-electron chi connectivity index (χ3n) is 3.64. The van der Waals surface area contributed by atoms with Crippen molar-refractivity contribution >= 4 is 18.5 Å². The number of para-hydroxylation sites is 1. The van der Waals surface area contributed by atoms with E-state index in [1.807, 2.05) is 24.3 Å². The molecule has 0 fully saturated rings. The van der Waals surface area contributed by atoms with Gasteiger partial charge in [0, 0.05) is 5.56 Å². The van der Waals surface area contributed by atoms with Crippen LogP contribution in [0.5, 0.6) is 5.75 Å². The largest absolute Gasteiger partial charge is 0.507 e. The van der Waals surface area contributed by atoms with E-state index in [1.54, 1.807) is 30.6 Å². The van der Waals surface area contributed by atoms with E-state index in [9.17, 15) is 5.11 Å². The van der Waals surface area contributed by atoms with Gasteiger partial charge in [0.1, 0.15) is 5.75 Å². The highest BCUT2D eigenvalue weighted by Crippen LogP contribution is 2.14. The summed E-state index contributed by atoms with van der Waals surface area (Å²) in [4.78, 5) is 0. The first-order valence-electron chi connectivity index (χ1n) is 8.39. The van der Waals surface area contributed by atoms with Crippen molar-refractivity contribution in [2.45, 2.75) is 32.6 Å². The summed E-state index contributed by atoms with van der Waals surface area (Å²) in [5.74, 6) is 0.208. The molecule has 0 amide bonds. The van der Waals surface area contributed by atoms with Crippen molar-refractivity contribution in [3.05, 3.63) is 71.3 Å². The molecule has 0 aromatic heterocycles. The highest BCUT2D eigenvalue weighted by molar-refractivity contribution is 5.87. The molecule has 0 heterocycles. The number of phenolic OH excluding ortho intramolecular Hbond substituents is 1. The molecule has 0 saturated heterocycles. The minimum atomic E-state index is 0.208. The van der Waals surface area contributed by atoms with E-state index in [0.29, 0.717) is 5.56 Å². The predicted octanol–water partition coefficient (Wildman–Crippen LogP) is 5.46. The van der Waals surface area contributed by atoms with Gasteiger partial charge in [-0.2, -0.15) is 10.2 Å². The van der Waals surface area contributed by atoms with Gasteiger partial charge < -0.3 is 5.11 Å². The van der Waals surface area contributed by atoms with Gasteiger partial charge in [-0.25, -0.2) is 0 Å². The molecule has 3 heteroatoms. The lowest BCUT2D eigenvalue weighted by Crippen LogP contribution is -1.87. The molecule has 0 unspecified atom stereocenters. The average molecular weight is 320 g/mol. The van der Waals surface area contributed by atoms with Gasteiger partial charge >= 0.3 is 0 Å². The molecule has 2 aromatic carbocycles. The Morgan fingerprint density at radius 3 is 2.46 bits per heavy atom. The minimum Gasteiger partial charge on any atom is -0.507 e. The molecule has 0 aliphatic carbocycles. The van der Waals surface area contributed by atoms with E-state index in [0.717, 1.165) is 18.4 Å². The summed E-state index contributed by atoms with van der Waals surface area (Å²) in [6.45, 7) is 2.20. The Kier molecular flexibility index (Phi) is 7.48. The van der Waals surface area contributed by atoms with Crippen LogP contribution in [0.4, 0.5) is 0 Å². The van der Waals surface area contributed by atoms with E-state index in [-0.39, 0.29) is 5.75 Å². The fraction of sp³-hybridized carbons (Fsp3) is 0.238. The Morgan fingerprint density at radius 2 is 1.71 bits per heavy atom. The third kappa shape index (κ3) is 6.21. The summed E-state index contributed by atoms with van der Waals surface area (Å²) in [6.07, 6.45) is 10.1. The lowest BCUT2D eigenvalue weighted by molar-refractivity contribution is 0.474. The van der Waals surface area contributed by atoms with Gasteiger partial charge in [-0.15, -0.1) is 0 Å². The lowest BCUT2D eigenvalue weighted by atomic mass is 10.1. The molecule has 2 aromatic rings. The lowest BCUT2D eigenvalue weighted by Gasteiger charge is -2.01. The van der Waals surface area contributed by atoms with Crippen LogP contribution < -0.4 is 0 Å². The van der Waals surface area contributed by atoms with Crippen molar-refractivity contribution < 1.29 is 5.11 Å². The van der Waals surface area contributed by atoms with Gasteiger partial charge in [0.25, 0.3) is 0 Å². The van der Waals surface area contributed by atoms with E-state index in [2.05, 4.69) is 35.3 Å². The molecule has 0 radical (unpaired) electrons. The summed E-state index contributed by atoms with van der Waals surface area (Å²) in [5.41, 5.74) is 2.98. The van der Waals surface area contributed by atoms with Crippen LogP contribution in [-0.4, -0.2) is 17.5 Å². The summed E-state index contributed by atoms with van der Waals surface area (Å²) in [7, 11) is 0. The van der Waals surface area contributed by atoms with Crippen LogP contribution in [0, 0.1) is 0 Å². The molecular weight excluding hydrogens is 296 g/mol. The van der Waals surface area contributed by atoms with Gasteiger partial charge in [0.2, 0.25) is 0 Å². The maximum Gasteiger partial charge on any atom is 0.124 e. The molecule has 0 aliphatic rings. The monoisotopic (exact) mass is 320 g/mol. The summed E-state index contributed by atoms with van der Waals surface area (Å²) in [5, 5.41) is 17.9. The Labute approximate surface area is 144 Å². The number of rotatable bonds is 8.